The molecule has 2 aliphatic carbocycles. The van der Waals surface area contributed by atoms with Crippen molar-refractivity contribution in [2.24, 2.45) is 4.99 Å². The lowest BCUT2D eigenvalue weighted by Crippen LogP contribution is -2.46. The first-order chi connectivity index (χ1) is 9.35. The molecule has 0 aromatic carbocycles. The molecule has 2 saturated carbocycles. The summed E-state index contributed by atoms with van der Waals surface area (Å²) in [6.45, 7) is 5.45. The first kappa shape index (κ1) is 16.3. The van der Waals surface area contributed by atoms with E-state index in [1.54, 1.807) is 0 Å². The quantitative estimate of drug-likeness (QED) is 0.438. The third kappa shape index (κ3) is 4.48. The molecule has 0 aromatic heterocycles. The largest absolute Gasteiger partial charge is 0.354 e. The number of rotatable bonds is 4. The first-order valence-corrected chi connectivity index (χ1v) is 8.16. The highest BCUT2D eigenvalue weighted by molar-refractivity contribution is 14.0. The Morgan fingerprint density at radius 2 is 1.75 bits per heavy atom. The molecular weight excluding hydrogens is 363 g/mol. The van der Waals surface area contributed by atoms with Crippen molar-refractivity contribution >= 4 is 29.9 Å². The predicted molar refractivity (Wildman–Crippen MR) is 94.9 cm³/mol. The van der Waals surface area contributed by atoms with Crippen molar-refractivity contribution in [1.82, 2.24) is 15.5 Å². The molecule has 20 heavy (non-hydrogen) atoms. The number of hydrogen-bond acceptors (Lipinski definition) is 2. The molecule has 3 fully saturated rings. The van der Waals surface area contributed by atoms with Gasteiger partial charge in [0.1, 0.15) is 0 Å². The minimum Gasteiger partial charge on any atom is -0.354 e. The number of nitrogens with zero attached hydrogens (tertiary/aromatic N) is 2. The summed E-state index contributed by atoms with van der Waals surface area (Å²) in [5.74, 6) is 1.04. The fraction of sp³-hybridized carbons (Fsp3) is 0.933. The van der Waals surface area contributed by atoms with Crippen LogP contribution in [0.4, 0.5) is 0 Å². The molecule has 2 N–H and O–H groups in total. The summed E-state index contributed by atoms with van der Waals surface area (Å²) < 4.78 is 0. The van der Waals surface area contributed by atoms with Crippen molar-refractivity contribution < 1.29 is 0 Å². The van der Waals surface area contributed by atoms with Crippen molar-refractivity contribution in [3.63, 3.8) is 0 Å². The Morgan fingerprint density at radius 3 is 2.40 bits per heavy atom. The second kappa shape index (κ2) is 7.82. The highest BCUT2D eigenvalue weighted by Gasteiger charge is 2.31. The molecule has 1 heterocycles. The number of halogens is 1. The fourth-order valence-corrected chi connectivity index (χ4v) is 3.41. The average molecular weight is 392 g/mol. The second-order valence-corrected chi connectivity index (χ2v) is 6.30. The van der Waals surface area contributed by atoms with Crippen LogP contribution in [0, 0.1) is 0 Å². The number of hydrogen-bond donors (Lipinski definition) is 2. The van der Waals surface area contributed by atoms with E-state index in [1.807, 2.05) is 0 Å². The zero-order valence-corrected chi connectivity index (χ0v) is 14.9. The van der Waals surface area contributed by atoms with Crippen LogP contribution in [0.3, 0.4) is 0 Å². The van der Waals surface area contributed by atoms with E-state index in [0.29, 0.717) is 12.1 Å². The number of aliphatic imine (C=N–C) groups is 1. The minimum absolute atomic E-state index is 0. The van der Waals surface area contributed by atoms with E-state index in [1.165, 1.54) is 58.0 Å². The van der Waals surface area contributed by atoms with Crippen LogP contribution in [0.5, 0.6) is 0 Å². The van der Waals surface area contributed by atoms with Crippen molar-refractivity contribution in [2.45, 2.75) is 70.0 Å². The van der Waals surface area contributed by atoms with Gasteiger partial charge in [-0.3, -0.25) is 9.89 Å². The Bertz CT molecular complexity index is 324. The highest BCUT2D eigenvalue weighted by Crippen LogP contribution is 2.26. The topological polar surface area (TPSA) is 39.7 Å². The van der Waals surface area contributed by atoms with Crippen molar-refractivity contribution in [1.29, 1.82) is 0 Å². The zero-order chi connectivity index (χ0) is 13.1. The van der Waals surface area contributed by atoms with Gasteiger partial charge in [0.25, 0.3) is 0 Å². The molecule has 0 amide bonds. The number of likely N-dealkylation sites (tertiary alicyclic amines) is 1. The molecule has 5 heteroatoms. The molecule has 0 bridgehead atoms. The maximum Gasteiger partial charge on any atom is 0.191 e. The normalized spacial score (nSPS) is 28.4. The summed E-state index contributed by atoms with van der Waals surface area (Å²) in [6.07, 6.45) is 9.60. The molecule has 1 atom stereocenters. The van der Waals surface area contributed by atoms with Crippen LogP contribution < -0.4 is 10.6 Å². The molecule has 116 valence electrons. The summed E-state index contributed by atoms with van der Waals surface area (Å²) in [6, 6.07) is 2.15. The van der Waals surface area contributed by atoms with Gasteiger partial charge in [-0.25, -0.2) is 0 Å². The molecule has 0 spiro atoms. The van der Waals surface area contributed by atoms with Gasteiger partial charge in [0, 0.05) is 37.8 Å². The van der Waals surface area contributed by atoms with Gasteiger partial charge in [-0.15, -0.1) is 24.0 Å². The van der Waals surface area contributed by atoms with E-state index in [-0.39, 0.29) is 24.0 Å². The van der Waals surface area contributed by atoms with Gasteiger partial charge in [0.05, 0.1) is 0 Å². The summed E-state index contributed by atoms with van der Waals surface area (Å²) in [7, 11) is 0. The fourth-order valence-electron chi connectivity index (χ4n) is 3.41. The van der Waals surface area contributed by atoms with E-state index >= 15 is 0 Å². The Kier molecular flexibility index (Phi) is 6.39. The van der Waals surface area contributed by atoms with Crippen LogP contribution in [-0.4, -0.2) is 48.6 Å². The summed E-state index contributed by atoms with van der Waals surface area (Å²) >= 11 is 0. The smallest absolute Gasteiger partial charge is 0.191 e. The van der Waals surface area contributed by atoms with Crippen LogP contribution in [0.25, 0.3) is 0 Å². The first-order valence-electron chi connectivity index (χ1n) is 8.16. The Morgan fingerprint density at radius 1 is 1.05 bits per heavy atom. The number of guanidine groups is 1. The molecule has 1 aliphatic heterocycles. The monoisotopic (exact) mass is 392 g/mol. The highest BCUT2D eigenvalue weighted by atomic mass is 127. The average Bonchev–Trinajstić information content (AvgIpc) is 2.91. The second-order valence-electron chi connectivity index (χ2n) is 6.30. The number of nitrogens with one attached hydrogen (secondary N) is 2. The van der Waals surface area contributed by atoms with E-state index in [9.17, 15) is 0 Å². The van der Waals surface area contributed by atoms with E-state index in [0.717, 1.165) is 18.5 Å². The van der Waals surface area contributed by atoms with Gasteiger partial charge in [-0.1, -0.05) is 12.8 Å². The van der Waals surface area contributed by atoms with Gasteiger partial charge in [0.2, 0.25) is 0 Å². The molecule has 3 rings (SSSR count). The van der Waals surface area contributed by atoms with Crippen molar-refractivity contribution in [3.05, 3.63) is 0 Å². The third-order valence-corrected chi connectivity index (χ3v) is 4.64. The van der Waals surface area contributed by atoms with Gasteiger partial charge in [0.15, 0.2) is 5.96 Å². The summed E-state index contributed by atoms with van der Waals surface area (Å²) in [4.78, 5) is 7.27. The van der Waals surface area contributed by atoms with Crippen LogP contribution >= 0.6 is 24.0 Å². The van der Waals surface area contributed by atoms with E-state index in [4.69, 9.17) is 0 Å². The van der Waals surface area contributed by atoms with Crippen molar-refractivity contribution in [3.8, 4) is 0 Å². The Hall–Kier alpha value is -0.0400. The maximum absolute atomic E-state index is 4.57. The molecular formula is C15H29IN4. The molecule has 0 radical (unpaired) electrons. The lowest BCUT2D eigenvalue weighted by atomic mass is 10.2. The maximum atomic E-state index is 4.57. The van der Waals surface area contributed by atoms with Crippen LogP contribution in [0.1, 0.15) is 51.9 Å². The van der Waals surface area contributed by atoms with Crippen LogP contribution in [0.2, 0.25) is 0 Å². The molecule has 1 unspecified atom stereocenters. The molecule has 0 aromatic rings. The predicted octanol–water partition coefficient (Wildman–Crippen LogP) is 2.34. The van der Waals surface area contributed by atoms with E-state index in [2.05, 4.69) is 27.4 Å². The third-order valence-electron chi connectivity index (χ3n) is 4.64. The lowest BCUT2D eigenvalue weighted by Gasteiger charge is -2.24. The van der Waals surface area contributed by atoms with Gasteiger partial charge >= 0.3 is 0 Å². The lowest BCUT2D eigenvalue weighted by molar-refractivity contribution is 0.242. The van der Waals surface area contributed by atoms with Gasteiger partial charge in [-0.05, 0) is 39.0 Å². The SMILES string of the molecule is CCN=C(NC1CC1)NC1CCN(C2CCCC2)C1.I. The zero-order valence-electron chi connectivity index (χ0n) is 12.6. The van der Waals surface area contributed by atoms with Gasteiger partial charge in [-0.2, -0.15) is 0 Å². The van der Waals surface area contributed by atoms with Crippen LogP contribution in [0.15, 0.2) is 4.99 Å². The summed E-state index contributed by atoms with van der Waals surface area (Å²) in [5.41, 5.74) is 0. The molecule has 1 saturated heterocycles. The Balaban J connectivity index is 0.00000147. The standard InChI is InChI=1S/C15H28N4.HI/c1-2-16-15(17-12-7-8-12)18-13-9-10-19(11-13)14-5-3-4-6-14;/h12-14H,2-11H2,1H3,(H2,16,17,18);1H. The van der Waals surface area contributed by atoms with E-state index < -0.39 is 0 Å². The summed E-state index contributed by atoms with van der Waals surface area (Å²) in [5, 5.41) is 7.16. The van der Waals surface area contributed by atoms with Crippen molar-refractivity contribution in [2.75, 3.05) is 19.6 Å². The van der Waals surface area contributed by atoms with Crippen LogP contribution in [-0.2, 0) is 0 Å². The van der Waals surface area contributed by atoms with Gasteiger partial charge < -0.3 is 10.6 Å². The Labute approximate surface area is 140 Å². The molecule has 3 aliphatic rings. The molecule has 4 nitrogen and oxygen atoms in total. The minimum atomic E-state index is 0.